The molecule has 2 aromatic rings. The molecule has 0 atom stereocenters. The molecule has 0 saturated carbocycles. The van der Waals surface area contributed by atoms with Crippen LogP contribution >= 0.6 is 11.6 Å². The zero-order chi connectivity index (χ0) is 10.3. The van der Waals surface area contributed by atoms with E-state index in [-0.39, 0.29) is 0 Å². The Kier molecular flexibility index (Phi) is 2.28. The Morgan fingerprint density at radius 3 is 2.64 bits per heavy atom. The SMILES string of the molecule is CC(C)c1ccc2c(c1)c(Cl)cn2C. The fourth-order valence-corrected chi connectivity index (χ4v) is 2.02. The van der Waals surface area contributed by atoms with E-state index in [0.717, 1.165) is 10.4 Å². The fourth-order valence-electron chi connectivity index (χ4n) is 1.72. The first-order chi connectivity index (χ1) is 6.59. The van der Waals surface area contributed by atoms with Gasteiger partial charge in [0.25, 0.3) is 0 Å². The van der Waals surface area contributed by atoms with Gasteiger partial charge in [0.2, 0.25) is 0 Å². The lowest BCUT2D eigenvalue weighted by Gasteiger charge is -2.05. The van der Waals surface area contributed by atoms with Crippen LogP contribution in [-0.2, 0) is 7.05 Å². The van der Waals surface area contributed by atoms with Gasteiger partial charge < -0.3 is 4.57 Å². The van der Waals surface area contributed by atoms with E-state index in [9.17, 15) is 0 Å². The summed E-state index contributed by atoms with van der Waals surface area (Å²) in [6.07, 6.45) is 1.95. The van der Waals surface area contributed by atoms with E-state index in [2.05, 4.69) is 36.6 Å². The summed E-state index contributed by atoms with van der Waals surface area (Å²) >= 11 is 6.13. The molecule has 0 radical (unpaired) electrons. The number of hydrogen-bond acceptors (Lipinski definition) is 0. The van der Waals surface area contributed by atoms with Gasteiger partial charge in [0.1, 0.15) is 0 Å². The van der Waals surface area contributed by atoms with E-state index in [1.165, 1.54) is 11.1 Å². The van der Waals surface area contributed by atoms with Gasteiger partial charge in [-0.15, -0.1) is 0 Å². The first-order valence-corrected chi connectivity index (χ1v) is 5.22. The predicted molar refractivity (Wildman–Crippen MR) is 62.0 cm³/mol. The molecule has 0 N–H and O–H groups in total. The Labute approximate surface area is 89.3 Å². The zero-order valence-electron chi connectivity index (χ0n) is 8.71. The Hall–Kier alpha value is -0.950. The molecule has 1 heterocycles. The molecule has 1 aromatic heterocycles. The predicted octanol–water partition coefficient (Wildman–Crippen LogP) is 3.96. The number of rotatable bonds is 1. The van der Waals surface area contributed by atoms with Crippen molar-refractivity contribution in [1.82, 2.24) is 4.57 Å². The minimum atomic E-state index is 0.552. The van der Waals surface area contributed by atoms with Gasteiger partial charge in [-0.05, 0) is 23.6 Å². The highest BCUT2D eigenvalue weighted by molar-refractivity contribution is 6.35. The van der Waals surface area contributed by atoms with Crippen LogP contribution in [0.4, 0.5) is 0 Å². The van der Waals surface area contributed by atoms with Crippen LogP contribution < -0.4 is 0 Å². The van der Waals surface area contributed by atoms with Crippen LogP contribution in [0.2, 0.25) is 5.02 Å². The normalized spacial score (nSPS) is 11.5. The van der Waals surface area contributed by atoms with E-state index in [4.69, 9.17) is 11.6 Å². The highest BCUT2D eigenvalue weighted by atomic mass is 35.5. The van der Waals surface area contributed by atoms with E-state index >= 15 is 0 Å². The monoisotopic (exact) mass is 207 g/mol. The molecule has 0 unspecified atom stereocenters. The maximum Gasteiger partial charge on any atom is 0.0661 e. The lowest BCUT2D eigenvalue weighted by molar-refractivity contribution is 0.868. The third-order valence-corrected chi connectivity index (χ3v) is 2.93. The maximum absolute atomic E-state index is 6.13. The van der Waals surface area contributed by atoms with Crippen LogP contribution in [0.25, 0.3) is 10.9 Å². The van der Waals surface area contributed by atoms with Crippen LogP contribution in [0.5, 0.6) is 0 Å². The van der Waals surface area contributed by atoms with Gasteiger partial charge >= 0.3 is 0 Å². The van der Waals surface area contributed by atoms with Crippen molar-refractivity contribution in [2.45, 2.75) is 19.8 Å². The molecule has 1 nitrogen and oxygen atoms in total. The summed E-state index contributed by atoms with van der Waals surface area (Å²) in [5, 5.41) is 1.99. The van der Waals surface area contributed by atoms with Crippen LogP contribution in [0, 0.1) is 0 Å². The van der Waals surface area contributed by atoms with Gasteiger partial charge in [-0.25, -0.2) is 0 Å². The lowest BCUT2D eigenvalue weighted by Crippen LogP contribution is -1.88. The molecule has 2 rings (SSSR count). The summed E-state index contributed by atoms with van der Waals surface area (Å²) in [4.78, 5) is 0. The van der Waals surface area contributed by atoms with E-state index < -0.39 is 0 Å². The van der Waals surface area contributed by atoms with Crippen molar-refractivity contribution in [3.63, 3.8) is 0 Å². The molecular formula is C12H14ClN. The van der Waals surface area contributed by atoms with Gasteiger partial charge in [0, 0.05) is 24.1 Å². The van der Waals surface area contributed by atoms with Crippen LogP contribution in [-0.4, -0.2) is 4.57 Å². The van der Waals surface area contributed by atoms with Gasteiger partial charge in [0.05, 0.1) is 5.02 Å². The van der Waals surface area contributed by atoms with E-state index in [1.54, 1.807) is 0 Å². The average molecular weight is 208 g/mol. The molecular weight excluding hydrogens is 194 g/mol. The van der Waals surface area contributed by atoms with Crippen LogP contribution in [0.15, 0.2) is 24.4 Å². The quantitative estimate of drug-likeness (QED) is 0.667. The molecule has 2 heteroatoms. The van der Waals surface area contributed by atoms with Crippen molar-refractivity contribution >= 4 is 22.5 Å². The lowest BCUT2D eigenvalue weighted by atomic mass is 10.0. The Morgan fingerprint density at radius 1 is 1.29 bits per heavy atom. The van der Waals surface area contributed by atoms with E-state index in [1.807, 2.05) is 13.2 Å². The van der Waals surface area contributed by atoms with Crippen molar-refractivity contribution in [3.8, 4) is 0 Å². The number of halogens is 1. The summed E-state index contributed by atoms with van der Waals surface area (Å²) in [6.45, 7) is 4.38. The molecule has 0 aliphatic heterocycles. The number of fused-ring (bicyclic) bond motifs is 1. The molecule has 0 bridgehead atoms. The largest absolute Gasteiger partial charge is 0.349 e. The second kappa shape index (κ2) is 3.32. The molecule has 0 saturated heterocycles. The van der Waals surface area contributed by atoms with Crippen molar-refractivity contribution in [2.24, 2.45) is 7.05 Å². The van der Waals surface area contributed by atoms with Crippen molar-refractivity contribution in [1.29, 1.82) is 0 Å². The molecule has 0 spiro atoms. The maximum atomic E-state index is 6.13. The van der Waals surface area contributed by atoms with Gasteiger partial charge in [-0.3, -0.25) is 0 Å². The highest BCUT2D eigenvalue weighted by Gasteiger charge is 2.06. The standard InChI is InChI=1S/C12H14ClN/c1-8(2)9-4-5-12-10(6-9)11(13)7-14(12)3/h4-8H,1-3H3. The molecule has 14 heavy (non-hydrogen) atoms. The highest BCUT2D eigenvalue weighted by Crippen LogP contribution is 2.28. The minimum Gasteiger partial charge on any atom is -0.349 e. The number of aryl methyl sites for hydroxylation is 1. The number of nitrogens with zero attached hydrogens (tertiary/aromatic N) is 1. The number of benzene rings is 1. The summed E-state index contributed by atoms with van der Waals surface area (Å²) in [5.41, 5.74) is 2.53. The second-order valence-corrected chi connectivity index (χ2v) is 4.43. The fraction of sp³-hybridized carbons (Fsp3) is 0.333. The van der Waals surface area contributed by atoms with E-state index in [0.29, 0.717) is 5.92 Å². The van der Waals surface area contributed by atoms with Gasteiger partial charge in [0.15, 0.2) is 0 Å². The zero-order valence-corrected chi connectivity index (χ0v) is 9.47. The summed E-state index contributed by atoms with van der Waals surface area (Å²) in [7, 11) is 2.02. The Bertz CT molecular complexity index is 468. The Morgan fingerprint density at radius 2 is 2.00 bits per heavy atom. The van der Waals surface area contributed by atoms with Crippen molar-refractivity contribution in [2.75, 3.05) is 0 Å². The Balaban J connectivity index is 2.71. The molecule has 1 aromatic carbocycles. The average Bonchev–Trinajstić information content (AvgIpc) is 2.42. The summed E-state index contributed by atoms with van der Waals surface area (Å²) in [5.74, 6) is 0.552. The topological polar surface area (TPSA) is 4.93 Å². The van der Waals surface area contributed by atoms with Crippen molar-refractivity contribution in [3.05, 3.63) is 35.0 Å². The molecule has 0 fully saturated rings. The van der Waals surface area contributed by atoms with Gasteiger partial charge in [-0.1, -0.05) is 31.5 Å². The molecule has 0 aliphatic carbocycles. The number of hydrogen-bond donors (Lipinski definition) is 0. The third-order valence-electron chi connectivity index (χ3n) is 2.63. The summed E-state index contributed by atoms with van der Waals surface area (Å²) < 4.78 is 2.06. The van der Waals surface area contributed by atoms with Crippen molar-refractivity contribution < 1.29 is 0 Å². The molecule has 0 aliphatic rings. The first-order valence-electron chi connectivity index (χ1n) is 4.84. The first kappa shape index (κ1) is 9.60. The smallest absolute Gasteiger partial charge is 0.0661 e. The van der Waals surface area contributed by atoms with Crippen LogP contribution in [0.1, 0.15) is 25.3 Å². The number of aromatic nitrogens is 1. The third kappa shape index (κ3) is 1.42. The molecule has 74 valence electrons. The van der Waals surface area contributed by atoms with Crippen LogP contribution in [0.3, 0.4) is 0 Å². The minimum absolute atomic E-state index is 0.552. The summed E-state index contributed by atoms with van der Waals surface area (Å²) in [6, 6.07) is 6.49. The van der Waals surface area contributed by atoms with Gasteiger partial charge in [-0.2, -0.15) is 0 Å². The second-order valence-electron chi connectivity index (χ2n) is 4.02. The molecule has 0 amide bonds.